The van der Waals surface area contributed by atoms with Gasteiger partial charge < -0.3 is 10.3 Å². The molecule has 2 N–H and O–H groups in total. The first-order valence-electron chi connectivity index (χ1n) is 6.65. The number of rotatable bonds is 2. The van der Waals surface area contributed by atoms with Crippen molar-refractivity contribution in [2.24, 2.45) is 0 Å². The summed E-state index contributed by atoms with van der Waals surface area (Å²) in [4.78, 5) is 15.6. The predicted molar refractivity (Wildman–Crippen MR) is 82.6 cm³/mol. The number of carbonyl (C=O) groups is 1. The van der Waals surface area contributed by atoms with Gasteiger partial charge in [0.1, 0.15) is 0 Å². The molecule has 1 saturated heterocycles. The molecule has 3 rings (SSSR count). The number of fused-ring (bicyclic) bond motifs is 1. The van der Waals surface area contributed by atoms with Crippen molar-refractivity contribution in [3.63, 3.8) is 0 Å². The van der Waals surface area contributed by atoms with Crippen molar-refractivity contribution in [2.75, 3.05) is 11.5 Å². The molecule has 0 spiro atoms. The number of sulfone groups is 1. The van der Waals surface area contributed by atoms with Crippen LogP contribution in [0, 0.1) is 6.92 Å². The summed E-state index contributed by atoms with van der Waals surface area (Å²) >= 11 is 5.94. The number of carbonyl (C=O) groups excluding carboxylic acids is 1. The van der Waals surface area contributed by atoms with Gasteiger partial charge in [-0.15, -0.1) is 0 Å². The number of hydrogen-bond donors (Lipinski definition) is 2. The van der Waals surface area contributed by atoms with Crippen molar-refractivity contribution in [3.8, 4) is 0 Å². The molecule has 0 saturated carbocycles. The number of aryl methyl sites for hydroxylation is 1. The van der Waals surface area contributed by atoms with E-state index in [9.17, 15) is 13.2 Å². The van der Waals surface area contributed by atoms with Crippen molar-refractivity contribution < 1.29 is 13.2 Å². The van der Waals surface area contributed by atoms with E-state index in [2.05, 4.69) is 10.3 Å². The molecule has 0 radical (unpaired) electrons. The monoisotopic (exact) mass is 326 g/mol. The molecule has 1 aromatic carbocycles. The summed E-state index contributed by atoms with van der Waals surface area (Å²) < 4.78 is 22.9. The minimum Gasteiger partial charge on any atom is -0.358 e. The van der Waals surface area contributed by atoms with E-state index in [4.69, 9.17) is 11.6 Å². The Kier molecular flexibility index (Phi) is 3.45. The fourth-order valence-electron chi connectivity index (χ4n) is 2.76. The highest BCUT2D eigenvalue weighted by molar-refractivity contribution is 7.91. The zero-order chi connectivity index (χ0) is 15.2. The molecule has 5 nitrogen and oxygen atoms in total. The minimum atomic E-state index is -3.01. The smallest absolute Gasteiger partial charge is 0.253 e. The van der Waals surface area contributed by atoms with Gasteiger partial charge in [0.15, 0.2) is 9.84 Å². The van der Waals surface area contributed by atoms with Gasteiger partial charge in [0.05, 0.1) is 17.1 Å². The maximum Gasteiger partial charge on any atom is 0.253 e. The van der Waals surface area contributed by atoms with E-state index >= 15 is 0 Å². The predicted octanol–water partition coefficient (Wildman–Crippen LogP) is 2.05. The Morgan fingerprint density at radius 3 is 2.86 bits per heavy atom. The largest absolute Gasteiger partial charge is 0.358 e. The van der Waals surface area contributed by atoms with Crippen LogP contribution < -0.4 is 5.32 Å². The molecule has 7 heteroatoms. The summed E-state index contributed by atoms with van der Waals surface area (Å²) in [5.74, 6) is -0.0879. The molecular weight excluding hydrogens is 312 g/mol. The van der Waals surface area contributed by atoms with Crippen LogP contribution in [0.25, 0.3) is 10.9 Å². The lowest BCUT2D eigenvalue weighted by Crippen LogP contribution is -2.35. The van der Waals surface area contributed by atoms with E-state index in [1.807, 2.05) is 6.92 Å². The number of aromatic nitrogens is 1. The van der Waals surface area contributed by atoms with Crippen LogP contribution in [0.15, 0.2) is 18.2 Å². The first-order valence-corrected chi connectivity index (χ1v) is 8.85. The van der Waals surface area contributed by atoms with Gasteiger partial charge in [-0.2, -0.15) is 0 Å². The number of hydrogen-bond acceptors (Lipinski definition) is 3. The third kappa shape index (κ3) is 2.78. The Labute approximate surface area is 127 Å². The number of H-pyrrole nitrogens is 1. The molecule has 1 amide bonds. The van der Waals surface area contributed by atoms with Gasteiger partial charge in [-0.3, -0.25) is 4.79 Å². The summed E-state index contributed by atoms with van der Waals surface area (Å²) in [5, 5.41) is 4.20. The third-order valence-corrected chi connectivity index (χ3v) is 5.75. The van der Waals surface area contributed by atoms with Crippen molar-refractivity contribution >= 4 is 38.2 Å². The maximum absolute atomic E-state index is 12.4. The first-order chi connectivity index (χ1) is 9.85. The molecule has 21 heavy (non-hydrogen) atoms. The van der Waals surface area contributed by atoms with Crippen LogP contribution in [0.5, 0.6) is 0 Å². The van der Waals surface area contributed by atoms with Crippen LogP contribution in [-0.4, -0.2) is 36.9 Å². The fraction of sp³-hybridized carbons (Fsp3) is 0.357. The summed E-state index contributed by atoms with van der Waals surface area (Å²) in [6.07, 6.45) is 0.474. The maximum atomic E-state index is 12.4. The van der Waals surface area contributed by atoms with E-state index < -0.39 is 9.84 Å². The first kappa shape index (κ1) is 14.4. The summed E-state index contributed by atoms with van der Waals surface area (Å²) in [6.45, 7) is 1.81. The van der Waals surface area contributed by atoms with Crippen LogP contribution in [-0.2, 0) is 9.84 Å². The third-order valence-electron chi connectivity index (χ3n) is 3.74. The Hall–Kier alpha value is -1.53. The van der Waals surface area contributed by atoms with Gasteiger partial charge in [0.2, 0.25) is 0 Å². The molecular formula is C14H15ClN2O3S. The lowest BCUT2D eigenvalue weighted by atomic mass is 10.1. The van der Waals surface area contributed by atoms with Crippen LogP contribution in [0.3, 0.4) is 0 Å². The molecule has 1 unspecified atom stereocenters. The lowest BCUT2D eigenvalue weighted by Gasteiger charge is -2.10. The Balaban J connectivity index is 1.90. The van der Waals surface area contributed by atoms with Gasteiger partial charge in [-0.1, -0.05) is 17.7 Å². The zero-order valence-corrected chi connectivity index (χ0v) is 13.0. The van der Waals surface area contributed by atoms with Crippen LogP contribution in [0.4, 0.5) is 0 Å². The van der Waals surface area contributed by atoms with Gasteiger partial charge in [-0.05, 0) is 25.5 Å². The topological polar surface area (TPSA) is 79.0 Å². The standard InChI is InChI=1S/C14H15ClN2O3S/c1-8-13(11-3-2-9(15)6-12(11)16-8)14(18)17-10-4-5-21(19,20)7-10/h2-3,6,10,16H,4-5,7H2,1H3,(H,17,18). The van der Waals surface area contributed by atoms with Crippen LogP contribution in [0.2, 0.25) is 5.02 Å². The van der Waals surface area contributed by atoms with E-state index in [-0.39, 0.29) is 23.5 Å². The molecule has 0 bridgehead atoms. The zero-order valence-electron chi connectivity index (χ0n) is 11.4. The van der Waals surface area contributed by atoms with Crippen molar-refractivity contribution in [1.82, 2.24) is 10.3 Å². The highest BCUT2D eigenvalue weighted by Crippen LogP contribution is 2.25. The highest BCUT2D eigenvalue weighted by Gasteiger charge is 2.30. The average Bonchev–Trinajstić information content (AvgIpc) is 2.87. The van der Waals surface area contributed by atoms with Gasteiger partial charge in [-0.25, -0.2) is 8.42 Å². The van der Waals surface area contributed by atoms with Crippen molar-refractivity contribution in [3.05, 3.63) is 34.5 Å². The molecule has 1 atom stereocenters. The average molecular weight is 327 g/mol. The number of halogens is 1. The number of aromatic amines is 1. The molecule has 1 aliphatic rings. The number of nitrogens with one attached hydrogen (secondary N) is 2. The minimum absolute atomic E-state index is 0.0198. The van der Waals surface area contributed by atoms with Crippen LogP contribution >= 0.6 is 11.6 Å². The molecule has 1 aliphatic heterocycles. The van der Waals surface area contributed by atoms with Crippen LogP contribution in [0.1, 0.15) is 22.5 Å². The quantitative estimate of drug-likeness (QED) is 0.886. The molecule has 2 heterocycles. The van der Waals surface area contributed by atoms with E-state index in [0.717, 1.165) is 16.6 Å². The molecule has 1 fully saturated rings. The van der Waals surface area contributed by atoms with Crippen molar-refractivity contribution in [2.45, 2.75) is 19.4 Å². The molecule has 0 aliphatic carbocycles. The normalized spacial score (nSPS) is 20.8. The molecule has 1 aromatic heterocycles. The molecule has 112 valence electrons. The Morgan fingerprint density at radius 2 is 2.19 bits per heavy atom. The van der Waals surface area contributed by atoms with Gasteiger partial charge in [0.25, 0.3) is 5.91 Å². The van der Waals surface area contributed by atoms with Gasteiger partial charge >= 0.3 is 0 Å². The number of benzene rings is 1. The summed E-state index contributed by atoms with van der Waals surface area (Å²) in [7, 11) is -3.01. The summed E-state index contributed by atoms with van der Waals surface area (Å²) in [6, 6.07) is 4.98. The SMILES string of the molecule is Cc1[nH]c2cc(Cl)ccc2c1C(=O)NC1CCS(=O)(=O)C1. The van der Waals surface area contributed by atoms with E-state index in [1.54, 1.807) is 18.2 Å². The van der Waals surface area contributed by atoms with E-state index in [0.29, 0.717) is 17.0 Å². The Morgan fingerprint density at radius 1 is 1.43 bits per heavy atom. The second-order valence-electron chi connectivity index (χ2n) is 5.39. The van der Waals surface area contributed by atoms with Gasteiger partial charge in [0, 0.05) is 27.7 Å². The highest BCUT2D eigenvalue weighted by atomic mass is 35.5. The Bertz CT molecular complexity index is 826. The summed E-state index contributed by atoms with van der Waals surface area (Å²) in [5.41, 5.74) is 2.08. The second kappa shape index (κ2) is 5.03. The van der Waals surface area contributed by atoms with E-state index in [1.165, 1.54) is 0 Å². The fourth-order valence-corrected chi connectivity index (χ4v) is 4.61. The second-order valence-corrected chi connectivity index (χ2v) is 8.05. The number of amides is 1. The van der Waals surface area contributed by atoms with Crippen molar-refractivity contribution in [1.29, 1.82) is 0 Å². The lowest BCUT2D eigenvalue weighted by molar-refractivity contribution is 0.0942. The molecule has 2 aromatic rings.